The molecule has 2 nitrogen and oxygen atoms in total. The van der Waals surface area contributed by atoms with Crippen LogP contribution >= 0.6 is 0 Å². The van der Waals surface area contributed by atoms with Crippen LogP contribution in [0.3, 0.4) is 0 Å². The average molecular weight is 389 g/mol. The van der Waals surface area contributed by atoms with Crippen LogP contribution in [-0.4, -0.2) is 10.7 Å². The van der Waals surface area contributed by atoms with Crippen molar-refractivity contribution in [2.75, 3.05) is 0 Å². The molecule has 1 aromatic rings. The van der Waals surface area contributed by atoms with Gasteiger partial charge in [-0.25, -0.2) is 0 Å². The predicted molar refractivity (Wildman–Crippen MR) is 121 cm³/mol. The first-order valence-corrected chi connectivity index (χ1v) is 10.8. The number of rotatable bonds is 2. The lowest BCUT2D eigenvalue weighted by molar-refractivity contribution is 0.0112. The largest absolute Gasteiger partial charge is 0.507 e. The SMILES string of the molecule is CC(C)(C)CC1(CC(C)(C)C)Cc2c(cc(C(C)(C)C)c(O)c2C(C)(C)C)O1. The first-order chi connectivity index (χ1) is 12.2. The quantitative estimate of drug-likeness (QED) is 0.567. The van der Waals surface area contributed by atoms with Crippen molar-refractivity contribution in [3.63, 3.8) is 0 Å². The highest BCUT2D eigenvalue weighted by Gasteiger charge is 2.47. The molecule has 0 unspecified atom stereocenters. The van der Waals surface area contributed by atoms with Gasteiger partial charge in [-0.15, -0.1) is 0 Å². The summed E-state index contributed by atoms with van der Waals surface area (Å²) in [5.74, 6) is 1.45. The minimum atomic E-state index is -0.220. The highest BCUT2D eigenvalue weighted by Crippen LogP contribution is 2.53. The highest BCUT2D eigenvalue weighted by atomic mass is 16.5. The van der Waals surface area contributed by atoms with Crippen molar-refractivity contribution < 1.29 is 9.84 Å². The third-order valence-electron chi connectivity index (χ3n) is 5.45. The van der Waals surface area contributed by atoms with E-state index in [9.17, 15) is 5.11 Å². The third-order valence-corrected chi connectivity index (χ3v) is 5.45. The molecule has 0 radical (unpaired) electrons. The lowest BCUT2D eigenvalue weighted by Gasteiger charge is -2.39. The number of phenols is 1. The molecule has 1 aliphatic rings. The van der Waals surface area contributed by atoms with E-state index < -0.39 is 0 Å². The van der Waals surface area contributed by atoms with Gasteiger partial charge in [0.1, 0.15) is 17.1 Å². The van der Waals surface area contributed by atoms with Gasteiger partial charge in [0.15, 0.2) is 0 Å². The molecule has 0 saturated heterocycles. The van der Waals surface area contributed by atoms with Gasteiger partial charge in [0.25, 0.3) is 0 Å². The smallest absolute Gasteiger partial charge is 0.124 e. The average Bonchev–Trinajstić information content (AvgIpc) is 2.66. The summed E-state index contributed by atoms with van der Waals surface area (Å²) in [6, 6.07) is 2.12. The number of benzene rings is 1. The number of hydrogen-bond acceptors (Lipinski definition) is 2. The first-order valence-electron chi connectivity index (χ1n) is 10.8. The van der Waals surface area contributed by atoms with Crippen LogP contribution in [0.25, 0.3) is 0 Å². The van der Waals surface area contributed by atoms with Gasteiger partial charge in [0.2, 0.25) is 0 Å². The molecule has 0 fully saturated rings. The van der Waals surface area contributed by atoms with Crippen molar-refractivity contribution in [1.29, 1.82) is 0 Å². The Hall–Kier alpha value is -1.18. The van der Waals surface area contributed by atoms with Crippen LogP contribution in [0.5, 0.6) is 11.5 Å². The Labute approximate surface area is 174 Å². The molecular weight excluding hydrogens is 344 g/mol. The Balaban J connectivity index is 2.71. The van der Waals surface area contributed by atoms with Crippen LogP contribution in [0.2, 0.25) is 0 Å². The maximum absolute atomic E-state index is 11.3. The molecule has 1 N–H and O–H groups in total. The molecule has 2 rings (SSSR count). The molecule has 0 spiro atoms. The molecule has 28 heavy (non-hydrogen) atoms. The van der Waals surface area contributed by atoms with Gasteiger partial charge in [-0.3, -0.25) is 0 Å². The summed E-state index contributed by atoms with van der Waals surface area (Å²) >= 11 is 0. The van der Waals surface area contributed by atoms with Crippen LogP contribution in [0.15, 0.2) is 6.07 Å². The molecule has 2 heteroatoms. The fraction of sp³-hybridized carbons (Fsp3) is 0.769. The summed E-state index contributed by atoms with van der Waals surface area (Å²) in [7, 11) is 0. The summed E-state index contributed by atoms with van der Waals surface area (Å²) < 4.78 is 6.86. The lowest BCUT2D eigenvalue weighted by atomic mass is 9.70. The topological polar surface area (TPSA) is 29.5 Å². The number of aromatic hydroxyl groups is 1. The van der Waals surface area contributed by atoms with Crippen LogP contribution in [0, 0.1) is 10.8 Å². The van der Waals surface area contributed by atoms with Gasteiger partial charge in [-0.2, -0.15) is 0 Å². The fourth-order valence-electron chi connectivity index (χ4n) is 5.12. The Morgan fingerprint density at radius 1 is 0.821 bits per heavy atom. The third kappa shape index (κ3) is 5.05. The first kappa shape index (κ1) is 23.1. The van der Waals surface area contributed by atoms with Gasteiger partial charge in [0.05, 0.1) is 0 Å². The maximum atomic E-state index is 11.3. The Bertz CT molecular complexity index is 712. The zero-order chi connectivity index (χ0) is 21.9. The normalized spacial score (nSPS) is 17.4. The van der Waals surface area contributed by atoms with E-state index in [-0.39, 0.29) is 27.3 Å². The van der Waals surface area contributed by atoms with Crippen LogP contribution < -0.4 is 4.74 Å². The summed E-state index contributed by atoms with van der Waals surface area (Å²) in [5.41, 5.74) is 3.11. The van der Waals surface area contributed by atoms with E-state index >= 15 is 0 Å². The summed E-state index contributed by atoms with van der Waals surface area (Å²) in [6.45, 7) is 26.9. The Morgan fingerprint density at radius 3 is 1.64 bits per heavy atom. The van der Waals surface area contributed by atoms with Crippen LogP contribution in [0.4, 0.5) is 0 Å². The van der Waals surface area contributed by atoms with Crippen molar-refractivity contribution in [3.8, 4) is 11.5 Å². The van der Waals surface area contributed by atoms with E-state index in [4.69, 9.17) is 4.74 Å². The Morgan fingerprint density at radius 2 is 1.29 bits per heavy atom. The minimum absolute atomic E-state index is 0.137. The molecule has 0 atom stereocenters. The molecular formula is C26H44O2. The van der Waals surface area contributed by atoms with E-state index in [0.29, 0.717) is 5.75 Å². The Kier molecular flexibility index (Phi) is 5.51. The highest BCUT2D eigenvalue weighted by molar-refractivity contribution is 5.59. The van der Waals surface area contributed by atoms with Crippen molar-refractivity contribution >= 4 is 0 Å². The predicted octanol–water partition coefficient (Wildman–Crippen LogP) is 7.53. The number of ether oxygens (including phenoxy) is 1. The van der Waals surface area contributed by atoms with Crippen molar-refractivity contribution in [3.05, 3.63) is 22.8 Å². The van der Waals surface area contributed by atoms with Gasteiger partial charge in [-0.05, 0) is 40.6 Å². The van der Waals surface area contributed by atoms with E-state index in [1.54, 1.807) is 0 Å². The van der Waals surface area contributed by atoms with E-state index in [1.165, 1.54) is 5.56 Å². The fourth-order valence-corrected chi connectivity index (χ4v) is 5.12. The molecule has 0 amide bonds. The van der Waals surface area contributed by atoms with Gasteiger partial charge >= 0.3 is 0 Å². The summed E-state index contributed by atoms with van der Waals surface area (Å²) in [4.78, 5) is 0. The molecule has 0 aromatic heterocycles. The second kappa shape index (κ2) is 6.67. The van der Waals surface area contributed by atoms with E-state index in [0.717, 1.165) is 36.1 Å². The van der Waals surface area contributed by atoms with Crippen LogP contribution in [-0.2, 0) is 17.3 Å². The van der Waals surface area contributed by atoms with E-state index in [1.807, 2.05) is 0 Å². The molecule has 160 valence electrons. The summed E-state index contributed by atoms with van der Waals surface area (Å²) in [6.07, 6.45) is 2.88. The molecule has 1 heterocycles. The number of phenolic OH excluding ortho intramolecular Hbond substituents is 1. The van der Waals surface area contributed by atoms with E-state index in [2.05, 4.69) is 89.2 Å². The van der Waals surface area contributed by atoms with Crippen LogP contribution in [0.1, 0.15) is 113 Å². The molecule has 1 aliphatic heterocycles. The second-order valence-corrected chi connectivity index (χ2v) is 13.6. The van der Waals surface area contributed by atoms with Crippen molar-refractivity contribution in [2.45, 2.75) is 119 Å². The molecule has 0 saturated carbocycles. The second-order valence-electron chi connectivity index (χ2n) is 13.6. The van der Waals surface area contributed by atoms with Crippen molar-refractivity contribution in [1.82, 2.24) is 0 Å². The molecule has 0 bridgehead atoms. The molecule has 0 aliphatic carbocycles. The minimum Gasteiger partial charge on any atom is -0.507 e. The maximum Gasteiger partial charge on any atom is 0.124 e. The zero-order valence-corrected chi connectivity index (χ0v) is 20.6. The monoisotopic (exact) mass is 388 g/mol. The standard InChI is InChI=1S/C26H44O2/c1-22(2,3)15-26(16-23(4,5)6)14-17-19(28-26)13-18(24(7,8)9)21(27)20(17)25(10,11)12/h13,27H,14-16H2,1-12H3. The van der Waals surface area contributed by atoms with Gasteiger partial charge < -0.3 is 9.84 Å². The summed E-state index contributed by atoms with van der Waals surface area (Å²) in [5, 5.41) is 11.3. The lowest BCUT2D eigenvalue weighted by Crippen LogP contribution is -2.42. The molecule has 1 aromatic carbocycles. The van der Waals surface area contributed by atoms with Gasteiger partial charge in [-0.1, -0.05) is 83.1 Å². The van der Waals surface area contributed by atoms with Gasteiger partial charge in [0, 0.05) is 23.1 Å². The number of fused-ring (bicyclic) bond motifs is 1. The van der Waals surface area contributed by atoms with Crippen molar-refractivity contribution in [2.24, 2.45) is 10.8 Å². The zero-order valence-electron chi connectivity index (χ0n) is 20.6. The number of hydrogen-bond donors (Lipinski definition) is 1.